The maximum Gasteiger partial charge on any atom is 0.330 e. The van der Waals surface area contributed by atoms with Crippen molar-refractivity contribution in [2.45, 2.75) is 39.5 Å². The highest BCUT2D eigenvalue weighted by Crippen LogP contribution is 2.02. The number of hydrogen-bond donors (Lipinski definition) is 1. The van der Waals surface area contributed by atoms with Crippen LogP contribution in [-0.4, -0.2) is 11.1 Å². The van der Waals surface area contributed by atoms with E-state index in [9.17, 15) is 4.79 Å². The molecular weight excluding hydrogens is 394 g/mol. The molecule has 0 aromatic carbocycles. The van der Waals surface area contributed by atoms with Crippen LogP contribution >= 0.6 is 48.0 Å². The van der Waals surface area contributed by atoms with Crippen molar-refractivity contribution in [1.82, 2.24) is 0 Å². The molecule has 13 heavy (non-hydrogen) atoms. The second kappa shape index (κ2) is 12.7. The first kappa shape index (κ1) is 19.3. The largest absolute Gasteiger partial charge is 0.478 e. The van der Waals surface area contributed by atoms with E-state index in [0.717, 1.165) is 12.8 Å². The van der Waals surface area contributed by atoms with Gasteiger partial charge in [-0.3, -0.25) is 0 Å². The second-order valence-corrected chi connectivity index (χ2v) is 2.69. The van der Waals surface area contributed by atoms with E-state index in [2.05, 4.69) is 6.92 Å². The van der Waals surface area contributed by atoms with Crippen molar-refractivity contribution in [3.63, 3.8) is 0 Å². The van der Waals surface area contributed by atoms with Crippen LogP contribution in [-0.2, 0) is 4.79 Å². The van der Waals surface area contributed by atoms with Crippen molar-refractivity contribution in [3.8, 4) is 0 Å². The fourth-order valence-electron chi connectivity index (χ4n) is 0.800. The molecule has 0 aromatic rings. The van der Waals surface area contributed by atoms with Crippen LogP contribution in [0.2, 0.25) is 0 Å². The number of allylic oxidation sites excluding steroid dienone is 1. The summed E-state index contributed by atoms with van der Waals surface area (Å²) < 4.78 is 0. The number of carbonyl (C=O) groups is 1. The molecule has 0 radical (unpaired) electrons. The van der Waals surface area contributed by atoms with Gasteiger partial charge in [-0.2, -0.15) is 0 Å². The summed E-state index contributed by atoms with van der Waals surface area (Å²) >= 11 is 0. The molecule has 1 N–H and O–H groups in total. The van der Waals surface area contributed by atoms with Crippen molar-refractivity contribution in [1.29, 1.82) is 0 Å². The average Bonchev–Trinajstić information content (AvgIpc) is 1.97. The molecule has 0 aliphatic rings. The molecule has 0 amide bonds. The first-order valence-corrected chi connectivity index (χ1v) is 4.08. The van der Waals surface area contributed by atoms with E-state index in [4.69, 9.17) is 5.11 Å². The van der Waals surface area contributed by atoms with Gasteiger partial charge >= 0.3 is 5.97 Å². The second-order valence-electron chi connectivity index (χ2n) is 2.69. The molecule has 0 saturated heterocycles. The van der Waals surface area contributed by atoms with Crippen molar-refractivity contribution in [3.05, 3.63) is 11.6 Å². The zero-order valence-corrected chi connectivity index (χ0v) is 12.7. The highest BCUT2D eigenvalue weighted by atomic mass is 127. The Balaban J connectivity index is -0.000000500. The number of carboxylic acids is 1. The van der Waals surface area contributed by atoms with Crippen LogP contribution in [0.25, 0.3) is 0 Å². The molecule has 0 bridgehead atoms. The van der Waals surface area contributed by atoms with Gasteiger partial charge in [-0.1, -0.05) is 25.8 Å². The number of aliphatic carboxylic acids is 1. The minimum atomic E-state index is -0.804. The van der Waals surface area contributed by atoms with Gasteiger partial charge in [0.1, 0.15) is 0 Å². The monoisotopic (exact) mass is 412 g/mol. The molecule has 0 aromatic heterocycles. The van der Waals surface area contributed by atoms with Crippen LogP contribution in [0.3, 0.4) is 0 Å². The molecule has 0 unspecified atom stereocenters. The first-order valence-electron chi connectivity index (χ1n) is 4.08. The third-order valence-corrected chi connectivity index (χ3v) is 1.60. The topological polar surface area (TPSA) is 37.3 Å². The Hall–Kier alpha value is 0.670. The lowest BCUT2D eigenvalue weighted by molar-refractivity contribution is -0.132. The predicted molar refractivity (Wildman–Crippen MR) is 76.4 cm³/mol. The molecular formula is C9H18I2O2. The highest BCUT2D eigenvalue weighted by molar-refractivity contribution is 14.0. The molecule has 0 aliphatic carbocycles. The van der Waals surface area contributed by atoms with Gasteiger partial charge in [-0.15, -0.1) is 48.0 Å². The Morgan fingerprint density at radius 3 is 2.23 bits per heavy atom. The van der Waals surface area contributed by atoms with E-state index in [-0.39, 0.29) is 48.0 Å². The van der Waals surface area contributed by atoms with E-state index in [1.165, 1.54) is 12.8 Å². The summed E-state index contributed by atoms with van der Waals surface area (Å²) in [6, 6.07) is 0. The van der Waals surface area contributed by atoms with Crippen LogP contribution in [0, 0.1) is 0 Å². The molecule has 0 saturated carbocycles. The summed E-state index contributed by atoms with van der Waals surface area (Å²) in [7, 11) is 0. The van der Waals surface area contributed by atoms with Gasteiger partial charge in [0.05, 0.1) is 0 Å². The van der Waals surface area contributed by atoms with E-state index >= 15 is 0 Å². The number of halogens is 2. The molecule has 0 fully saturated rings. The van der Waals surface area contributed by atoms with Crippen LogP contribution in [0.1, 0.15) is 39.5 Å². The molecule has 0 heterocycles. The van der Waals surface area contributed by atoms with E-state index in [0.29, 0.717) is 5.57 Å². The number of carboxylic acid groups (broad SMARTS) is 1. The maximum atomic E-state index is 10.3. The standard InChI is InChI=1S/C9H16O2.2HI/c1-3-4-5-6-7-8(2)9(10)11;;/h7H,3-6H2,1-2H3,(H,10,11);2*1H/b8-7-;;. The first-order chi connectivity index (χ1) is 5.18. The van der Waals surface area contributed by atoms with Gasteiger partial charge in [-0.05, 0) is 19.8 Å². The Labute approximate surface area is 114 Å². The smallest absolute Gasteiger partial charge is 0.330 e. The summed E-state index contributed by atoms with van der Waals surface area (Å²) in [5.41, 5.74) is 0.459. The Bertz CT molecular complexity index is 156. The molecule has 0 rings (SSSR count). The Kier molecular flexibility index (Phi) is 18.8. The van der Waals surface area contributed by atoms with Gasteiger partial charge in [0.15, 0.2) is 0 Å². The predicted octanol–water partition coefficient (Wildman–Crippen LogP) is 3.83. The van der Waals surface area contributed by atoms with Crippen LogP contribution < -0.4 is 0 Å². The maximum absolute atomic E-state index is 10.3. The number of hydrogen-bond acceptors (Lipinski definition) is 1. The molecule has 4 heteroatoms. The summed E-state index contributed by atoms with van der Waals surface area (Å²) in [6.45, 7) is 3.77. The van der Waals surface area contributed by atoms with Gasteiger partial charge < -0.3 is 5.11 Å². The van der Waals surface area contributed by atoms with Gasteiger partial charge in [0, 0.05) is 5.57 Å². The molecule has 80 valence electrons. The van der Waals surface area contributed by atoms with Gasteiger partial charge in [0.2, 0.25) is 0 Å². The number of rotatable bonds is 5. The summed E-state index contributed by atoms with van der Waals surface area (Å²) in [5.74, 6) is -0.804. The van der Waals surface area contributed by atoms with Gasteiger partial charge in [0.25, 0.3) is 0 Å². The van der Waals surface area contributed by atoms with Gasteiger partial charge in [-0.25, -0.2) is 4.79 Å². The lowest BCUT2D eigenvalue weighted by Crippen LogP contribution is -1.95. The molecule has 0 atom stereocenters. The number of unbranched alkanes of at least 4 members (excludes halogenated alkanes) is 3. The quantitative estimate of drug-likeness (QED) is 0.424. The highest BCUT2D eigenvalue weighted by Gasteiger charge is 1.96. The van der Waals surface area contributed by atoms with Crippen LogP contribution in [0.15, 0.2) is 11.6 Å². The van der Waals surface area contributed by atoms with Crippen LogP contribution in [0.4, 0.5) is 0 Å². The van der Waals surface area contributed by atoms with Crippen LogP contribution in [0.5, 0.6) is 0 Å². The average molecular weight is 412 g/mol. The zero-order chi connectivity index (χ0) is 8.69. The fourth-order valence-corrected chi connectivity index (χ4v) is 0.800. The SMILES string of the molecule is CCCCC/C=C(/C)C(=O)O.I.I. The molecule has 0 spiro atoms. The van der Waals surface area contributed by atoms with E-state index < -0.39 is 5.97 Å². The minimum absolute atomic E-state index is 0. The van der Waals surface area contributed by atoms with Crippen molar-refractivity contribution < 1.29 is 9.90 Å². The van der Waals surface area contributed by atoms with E-state index in [1.54, 1.807) is 13.0 Å². The summed E-state index contributed by atoms with van der Waals surface area (Å²) in [5, 5.41) is 8.47. The van der Waals surface area contributed by atoms with Crippen molar-refractivity contribution in [2.24, 2.45) is 0 Å². The lowest BCUT2D eigenvalue weighted by Gasteiger charge is -1.93. The third-order valence-electron chi connectivity index (χ3n) is 1.60. The zero-order valence-electron chi connectivity index (χ0n) is 8.08. The normalized spacial score (nSPS) is 9.85. The van der Waals surface area contributed by atoms with Crippen molar-refractivity contribution >= 4 is 53.9 Å². The fraction of sp³-hybridized carbons (Fsp3) is 0.667. The summed E-state index contributed by atoms with van der Waals surface area (Å²) in [6.07, 6.45) is 6.15. The third kappa shape index (κ3) is 12.7. The summed E-state index contributed by atoms with van der Waals surface area (Å²) in [4.78, 5) is 10.3. The lowest BCUT2D eigenvalue weighted by atomic mass is 10.1. The Morgan fingerprint density at radius 1 is 1.31 bits per heavy atom. The van der Waals surface area contributed by atoms with E-state index in [1.807, 2.05) is 0 Å². The van der Waals surface area contributed by atoms with Crippen molar-refractivity contribution in [2.75, 3.05) is 0 Å². The molecule has 2 nitrogen and oxygen atoms in total. The molecule has 0 aliphatic heterocycles. The minimum Gasteiger partial charge on any atom is -0.478 e. The Morgan fingerprint density at radius 2 is 1.85 bits per heavy atom.